The number of amides is 1. The molecular weight excluding hydrogens is 299 g/mol. The van der Waals surface area contributed by atoms with Crippen molar-refractivity contribution in [2.24, 2.45) is 0 Å². The van der Waals surface area contributed by atoms with Crippen molar-refractivity contribution >= 4 is 17.7 Å². The maximum absolute atomic E-state index is 13.1. The molecule has 0 saturated carbocycles. The van der Waals surface area contributed by atoms with Crippen LogP contribution >= 0.6 is 11.8 Å². The molecule has 1 aromatic carbocycles. The fourth-order valence-corrected chi connectivity index (χ4v) is 3.45. The molecule has 3 rings (SSSR count). The second kappa shape index (κ2) is 6.48. The Bertz CT molecular complexity index is 675. The summed E-state index contributed by atoms with van der Waals surface area (Å²) < 4.78 is 13.1. The molecule has 5 heteroatoms. The molecule has 1 saturated heterocycles. The van der Waals surface area contributed by atoms with E-state index in [0.717, 1.165) is 30.0 Å². The van der Waals surface area contributed by atoms with Crippen molar-refractivity contribution in [1.29, 1.82) is 0 Å². The number of likely N-dealkylation sites (tertiary alicyclic amines) is 1. The normalized spacial score (nSPS) is 17.7. The van der Waals surface area contributed by atoms with Crippen LogP contribution in [-0.2, 0) is 0 Å². The van der Waals surface area contributed by atoms with Crippen molar-refractivity contribution in [3.05, 3.63) is 59.5 Å². The largest absolute Gasteiger partial charge is 0.332 e. The molecule has 114 valence electrons. The molecule has 1 fully saturated rings. The molecule has 1 aromatic heterocycles. The monoisotopic (exact) mass is 316 g/mol. The number of carbonyl (C=O) groups excluding carboxylic acids is 1. The highest BCUT2D eigenvalue weighted by Crippen LogP contribution is 2.34. The lowest BCUT2D eigenvalue weighted by molar-refractivity contribution is 0.0731. The Kier molecular flexibility index (Phi) is 4.43. The van der Waals surface area contributed by atoms with Gasteiger partial charge in [-0.15, -0.1) is 11.8 Å². The maximum atomic E-state index is 13.1. The lowest BCUT2D eigenvalue weighted by Crippen LogP contribution is -2.31. The molecule has 2 aromatic rings. The van der Waals surface area contributed by atoms with Crippen LogP contribution in [0.5, 0.6) is 0 Å². The first-order valence-electron chi connectivity index (χ1n) is 7.26. The summed E-state index contributed by atoms with van der Waals surface area (Å²) in [5, 5.41) is 0.747. The van der Waals surface area contributed by atoms with Gasteiger partial charge in [-0.05, 0) is 48.9 Å². The summed E-state index contributed by atoms with van der Waals surface area (Å²) in [6.07, 6.45) is 5.49. The number of hydrogen-bond donors (Lipinski definition) is 0. The van der Waals surface area contributed by atoms with Crippen LogP contribution in [0.2, 0.25) is 0 Å². The minimum Gasteiger partial charge on any atom is -0.332 e. The number of benzene rings is 1. The van der Waals surface area contributed by atoms with Gasteiger partial charge in [-0.2, -0.15) is 0 Å². The Morgan fingerprint density at radius 2 is 2.09 bits per heavy atom. The fourth-order valence-electron chi connectivity index (χ4n) is 2.91. The summed E-state index contributed by atoms with van der Waals surface area (Å²) in [6, 6.07) is 10.1. The zero-order chi connectivity index (χ0) is 15.5. The van der Waals surface area contributed by atoms with Crippen LogP contribution in [0.3, 0.4) is 0 Å². The summed E-state index contributed by atoms with van der Waals surface area (Å²) in [5.74, 6) is -0.249. The average molecular weight is 316 g/mol. The highest BCUT2D eigenvalue weighted by molar-refractivity contribution is 7.98. The Hall–Kier alpha value is -1.88. The Morgan fingerprint density at radius 3 is 2.82 bits per heavy atom. The Labute approximate surface area is 133 Å². The van der Waals surface area contributed by atoms with E-state index >= 15 is 0 Å². The minimum absolute atomic E-state index is 0.00396. The van der Waals surface area contributed by atoms with Gasteiger partial charge in [0.15, 0.2) is 0 Å². The number of aromatic nitrogens is 1. The summed E-state index contributed by atoms with van der Waals surface area (Å²) in [4.78, 5) is 19.0. The molecule has 0 unspecified atom stereocenters. The molecule has 0 N–H and O–H groups in total. The second-order valence-corrected chi connectivity index (χ2v) is 6.06. The van der Waals surface area contributed by atoms with Gasteiger partial charge in [-0.3, -0.25) is 4.79 Å². The number of nitrogens with zero attached hydrogens (tertiary/aromatic N) is 2. The lowest BCUT2D eigenvalue weighted by Gasteiger charge is -2.25. The molecule has 0 spiro atoms. The third kappa shape index (κ3) is 2.86. The van der Waals surface area contributed by atoms with Gasteiger partial charge in [0.1, 0.15) is 10.8 Å². The number of rotatable bonds is 3. The van der Waals surface area contributed by atoms with Gasteiger partial charge in [0, 0.05) is 12.7 Å². The van der Waals surface area contributed by atoms with Gasteiger partial charge in [-0.25, -0.2) is 9.37 Å². The molecule has 1 aliphatic heterocycles. The SMILES string of the molecule is CSc1ncccc1C(=O)N1CCC[C@@H]1c1ccc(F)cc1. The third-order valence-electron chi connectivity index (χ3n) is 3.96. The first kappa shape index (κ1) is 15.0. The lowest BCUT2D eigenvalue weighted by atomic mass is 10.0. The summed E-state index contributed by atoms with van der Waals surface area (Å²) in [5.41, 5.74) is 1.63. The molecule has 2 heterocycles. The van der Waals surface area contributed by atoms with Crippen molar-refractivity contribution in [3.8, 4) is 0 Å². The molecule has 0 radical (unpaired) electrons. The predicted molar refractivity (Wildman–Crippen MR) is 85.4 cm³/mol. The minimum atomic E-state index is -0.253. The Morgan fingerprint density at radius 1 is 1.32 bits per heavy atom. The highest BCUT2D eigenvalue weighted by atomic mass is 32.2. The van der Waals surface area contributed by atoms with Crippen molar-refractivity contribution in [1.82, 2.24) is 9.88 Å². The number of halogens is 1. The van der Waals surface area contributed by atoms with Crippen LogP contribution in [0.4, 0.5) is 4.39 Å². The molecule has 0 bridgehead atoms. The van der Waals surface area contributed by atoms with Crippen molar-refractivity contribution < 1.29 is 9.18 Å². The van der Waals surface area contributed by atoms with Gasteiger partial charge in [0.05, 0.1) is 11.6 Å². The number of pyridine rings is 1. The van der Waals surface area contributed by atoms with Gasteiger partial charge in [0.25, 0.3) is 5.91 Å². The van der Waals surface area contributed by atoms with E-state index in [-0.39, 0.29) is 17.8 Å². The van der Waals surface area contributed by atoms with Gasteiger partial charge < -0.3 is 4.90 Å². The average Bonchev–Trinajstić information content (AvgIpc) is 3.04. The second-order valence-electron chi connectivity index (χ2n) is 5.27. The molecule has 22 heavy (non-hydrogen) atoms. The van der Waals surface area contributed by atoms with Crippen molar-refractivity contribution in [2.75, 3.05) is 12.8 Å². The fraction of sp³-hybridized carbons (Fsp3) is 0.294. The zero-order valence-corrected chi connectivity index (χ0v) is 13.1. The Balaban J connectivity index is 1.89. The molecule has 0 aliphatic carbocycles. The van der Waals surface area contributed by atoms with Gasteiger partial charge in [-0.1, -0.05) is 12.1 Å². The number of hydrogen-bond acceptors (Lipinski definition) is 3. The first-order valence-corrected chi connectivity index (χ1v) is 8.48. The molecule has 1 amide bonds. The standard InChI is InChI=1S/C17H17FN2OS/c1-22-16-14(4-2-10-19-16)17(21)20-11-3-5-15(20)12-6-8-13(18)9-7-12/h2,4,6-10,15H,3,5,11H2,1H3/t15-/m1/s1. The van der Waals surface area contributed by atoms with Crippen molar-refractivity contribution in [2.45, 2.75) is 23.9 Å². The smallest absolute Gasteiger partial charge is 0.257 e. The van der Waals surface area contributed by atoms with E-state index in [1.54, 1.807) is 24.4 Å². The first-order chi connectivity index (χ1) is 10.7. The summed E-state index contributed by atoms with van der Waals surface area (Å²) in [6.45, 7) is 0.726. The topological polar surface area (TPSA) is 33.2 Å². The molecule has 1 aliphatic rings. The third-order valence-corrected chi connectivity index (χ3v) is 4.68. The van der Waals surface area contributed by atoms with E-state index in [2.05, 4.69) is 4.98 Å². The van der Waals surface area contributed by atoms with Crippen LogP contribution in [0.25, 0.3) is 0 Å². The van der Waals surface area contributed by atoms with E-state index < -0.39 is 0 Å². The van der Waals surface area contributed by atoms with E-state index in [4.69, 9.17) is 0 Å². The van der Waals surface area contributed by atoms with E-state index in [0.29, 0.717) is 5.56 Å². The van der Waals surface area contributed by atoms with E-state index in [1.165, 1.54) is 23.9 Å². The summed E-state index contributed by atoms with van der Waals surface area (Å²) >= 11 is 1.47. The van der Waals surface area contributed by atoms with E-state index in [1.807, 2.05) is 17.2 Å². The van der Waals surface area contributed by atoms with Gasteiger partial charge in [0.2, 0.25) is 0 Å². The van der Waals surface area contributed by atoms with Crippen molar-refractivity contribution in [3.63, 3.8) is 0 Å². The van der Waals surface area contributed by atoms with Crippen LogP contribution in [0.15, 0.2) is 47.6 Å². The predicted octanol–water partition coefficient (Wildman–Crippen LogP) is 3.92. The molecule has 3 nitrogen and oxygen atoms in total. The molecule has 1 atom stereocenters. The zero-order valence-electron chi connectivity index (χ0n) is 12.3. The maximum Gasteiger partial charge on any atom is 0.257 e. The summed E-state index contributed by atoms with van der Waals surface area (Å²) in [7, 11) is 0. The quantitative estimate of drug-likeness (QED) is 0.805. The number of thioether (sulfide) groups is 1. The number of carbonyl (C=O) groups is 1. The van der Waals surface area contributed by atoms with Gasteiger partial charge >= 0.3 is 0 Å². The van der Waals surface area contributed by atoms with Crippen LogP contribution in [0.1, 0.15) is 34.8 Å². The highest BCUT2D eigenvalue weighted by Gasteiger charge is 2.31. The van der Waals surface area contributed by atoms with Crippen LogP contribution < -0.4 is 0 Å². The van der Waals surface area contributed by atoms with Crippen LogP contribution in [0, 0.1) is 5.82 Å². The van der Waals surface area contributed by atoms with E-state index in [9.17, 15) is 9.18 Å². The van der Waals surface area contributed by atoms with Crippen LogP contribution in [-0.4, -0.2) is 28.6 Å². The molecular formula is C17H17FN2OS.